The third-order valence-corrected chi connectivity index (χ3v) is 5.20. The second-order valence-corrected chi connectivity index (χ2v) is 6.94. The molecule has 0 atom stereocenters. The first kappa shape index (κ1) is 16.3. The van der Waals surface area contributed by atoms with Gasteiger partial charge >= 0.3 is 0 Å². The zero-order valence-corrected chi connectivity index (χ0v) is 14.5. The van der Waals surface area contributed by atoms with E-state index >= 15 is 0 Å². The lowest BCUT2D eigenvalue weighted by Crippen LogP contribution is -2.13. The van der Waals surface area contributed by atoms with Gasteiger partial charge in [-0.25, -0.2) is 0 Å². The molecule has 120 valence electrons. The Labute approximate surface area is 144 Å². The number of rotatable bonds is 4. The molecular weight excluding hydrogens is 302 g/mol. The number of pyridine rings is 1. The lowest BCUT2D eigenvalue weighted by Gasteiger charge is -2.28. The van der Waals surface area contributed by atoms with Crippen LogP contribution in [0, 0.1) is 5.92 Å². The van der Waals surface area contributed by atoms with Gasteiger partial charge < -0.3 is 0 Å². The second kappa shape index (κ2) is 7.79. The molecule has 1 nitrogen and oxygen atoms in total. The largest absolute Gasteiger partial charge is 0.256 e. The van der Waals surface area contributed by atoms with Crippen molar-refractivity contribution in [3.63, 3.8) is 0 Å². The summed E-state index contributed by atoms with van der Waals surface area (Å²) in [6.07, 6.45) is 13.1. The molecule has 0 amide bonds. The number of nitrogens with zero attached hydrogens (tertiary/aromatic N) is 1. The number of benzene rings is 1. The molecule has 0 saturated heterocycles. The van der Waals surface area contributed by atoms with Crippen molar-refractivity contribution in [3.8, 4) is 11.3 Å². The van der Waals surface area contributed by atoms with E-state index in [-0.39, 0.29) is 0 Å². The molecule has 1 aromatic carbocycles. The highest BCUT2D eigenvalue weighted by Crippen LogP contribution is 2.37. The number of hydrogen-bond acceptors (Lipinski definition) is 1. The average Bonchev–Trinajstić information content (AvgIpc) is 2.61. The molecule has 0 unspecified atom stereocenters. The van der Waals surface area contributed by atoms with Crippen LogP contribution >= 0.6 is 11.6 Å². The summed E-state index contributed by atoms with van der Waals surface area (Å²) < 4.78 is 0. The monoisotopic (exact) mass is 325 g/mol. The molecule has 1 saturated carbocycles. The van der Waals surface area contributed by atoms with E-state index in [0.29, 0.717) is 5.92 Å². The van der Waals surface area contributed by atoms with Crippen LogP contribution in [0.5, 0.6) is 0 Å². The Balaban J connectivity index is 1.63. The van der Waals surface area contributed by atoms with Gasteiger partial charge in [-0.1, -0.05) is 42.0 Å². The van der Waals surface area contributed by atoms with Gasteiger partial charge in [0.2, 0.25) is 0 Å². The molecule has 2 aromatic rings. The lowest BCUT2D eigenvalue weighted by atomic mass is 9.78. The van der Waals surface area contributed by atoms with Crippen molar-refractivity contribution in [3.05, 3.63) is 65.3 Å². The summed E-state index contributed by atoms with van der Waals surface area (Å²) in [5, 5.41) is 0.764. The van der Waals surface area contributed by atoms with E-state index < -0.39 is 0 Å². The van der Waals surface area contributed by atoms with Crippen molar-refractivity contribution in [1.82, 2.24) is 4.98 Å². The third-order valence-electron chi connectivity index (χ3n) is 4.95. The molecule has 23 heavy (non-hydrogen) atoms. The molecule has 1 aliphatic carbocycles. The fourth-order valence-electron chi connectivity index (χ4n) is 3.50. The predicted molar refractivity (Wildman–Crippen MR) is 98.8 cm³/mol. The van der Waals surface area contributed by atoms with Crippen LogP contribution in [0.3, 0.4) is 0 Å². The molecule has 1 fully saturated rings. The van der Waals surface area contributed by atoms with Gasteiger partial charge in [0.25, 0.3) is 0 Å². The van der Waals surface area contributed by atoms with Gasteiger partial charge in [-0.15, -0.1) is 0 Å². The summed E-state index contributed by atoms with van der Waals surface area (Å²) in [6.45, 7) is 2.11. The fourth-order valence-corrected chi connectivity index (χ4v) is 3.62. The first-order valence-electron chi connectivity index (χ1n) is 8.59. The van der Waals surface area contributed by atoms with Crippen LogP contribution in [0.1, 0.15) is 50.5 Å². The van der Waals surface area contributed by atoms with Crippen LogP contribution in [-0.4, -0.2) is 4.98 Å². The van der Waals surface area contributed by atoms with Crippen LogP contribution in [0.25, 0.3) is 11.3 Å². The van der Waals surface area contributed by atoms with E-state index in [1.165, 1.54) is 37.7 Å². The van der Waals surface area contributed by atoms with E-state index in [1.54, 1.807) is 0 Å². The van der Waals surface area contributed by atoms with Gasteiger partial charge in [0.1, 0.15) is 0 Å². The molecular formula is C21H24ClN. The molecule has 0 radical (unpaired) electrons. The van der Waals surface area contributed by atoms with Gasteiger partial charge in [-0.2, -0.15) is 0 Å². The van der Waals surface area contributed by atoms with Crippen molar-refractivity contribution < 1.29 is 0 Å². The second-order valence-electron chi connectivity index (χ2n) is 6.51. The highest BCUT2D eigenvalue weighted by molar-refractivity contribution is 6.30. The summed E-state index contributed by atoms with van der Waals surface area (Å²) in [5.74, 6) is 1.56. The summed E-state index contributed by atoms with van der Waals surface area (Å²) >= 11 is 5.94. The minimum Gasteiger partial charge on any atom is -0.256 e. The van der Waals surface area contributed by atoms with Gasteiger partial charge in [-0.05, 0) is 74.6 Å². The predicted octanol–water partition coefficient (Wildman–Crippen LogP) is 6.64. The number of halogens is 1. The Morgan fingerprint density at radius 3 is 2.39 bits per heavy atom. The highest BCUT2D eigenvalue weighted by atomic mass is 35.5. The molecule has 1 aliphatic rings. The molecule has 3 rings (SSSR count). The minimum atomic E-state index is 0.684. The Morgan fingerprint density at radius 1 is 1.04 bits per heavy atom. The molecule has 0 bridgehead atoms. The topological polar surface area (TPSA) is 12.9 Å². The smallest absolute Gasteiger partial charge is 0.0702 e. The van der Waals surface area contributed by atoms with Crippen LogP contribution in [0.2, 0.25) is 5.02 Å². The Bertz CT molecular complexity index is 635. The minimum absolute atomic E-state index is 0.684. The number of allylic oxidation sites excluding steroid dienone is 2. The zero-order chi connectivity index (χ0) is 16.1. The third kappa shape index (κ3) is 4.23. The molecule has 0 N–H and O–H groups in total. The number of hydrogen-bond donors (Lipinski definition) is 0. The first-order chi connectivity index (χ1) is 11.3. The van der Waals surface area contributed by atoms with Gasteiger partial charge in [0.05, 0.1) is 5.69 Å². The van der Waals surface area contributed by atoms with Crippen LogP contribution in [-0.2, 0) is 0 Å². The van der Waals surface area contributed by atoms with Crippen molar-refractivity contribution in [2.75, 3.05) is 0 Å². The van der Waals surface area contributed by atoms with Gasteiger partial charge in [0.15, 0.2) is 0 Å². The fraction of sp³-hybridized carbons (Fsp3) is 0.381. The van der Waals surface area contributed by atoms with Crippen molar-refractivity contribution in [1.29, 1.82) is 0 Å². The molecule has 0 spiro atoms. The Kier molecular flexibility index (Phi) is 5.51. The van der Waals surface area contributed by atoms with E-state index in [4.69, 9.17) is 11.6 Å². The Morgan fingerprint density at radius 2 is 1.78 bits per heavy atom. The zero-order valence-electron chi connectivity index (χ0n) is 13.7. The maximum atomic E-state index is 5.94. The van der Waals surface area contributed by atoms with E-state index in [0.717, 1.165) is 22.2 Å². The quantitative estimate of drug-likeness (QED) is 0.574. The standard InChI is InChI=1S/C21H24ClN/c1-2-3-4-16-5-7-17(8-6-16)19-11-14-21(23-15-19)18-9-12-20(22)13-10-18/h2-3,9-17H,4-8H2,1H3/b3-2+. The average molecular weight is 326 g/mol. The maximum absolute atomic E-state index is 5.94. The van der Waals surface area contributed by atoms with Crippen LogP contribution in [0.15, 0.2) is 54.7 Å². The van der Waals surface area contributed by atoms with Crippen LogP contribution < -0.4 is 0 Å². The highest BCUT2D eigenvalue weighted by Gasteiger charge is 2.21. The van der Waals surface area contributed by atoms with E-state index in [2.05, 4.69) is 42.4 Å². The molecule has 2 heteroatoms. The normalized spacial score (nSPS) is 21.7. The lowest BCUT2D eigenvalue weighted by molar-refractivity contribution is 0.328. The van der Waals surface area contributed by atoms with Crippen molar-refractivity contribution in [2.45, 2.75) is 44.9 Å². The van der Waals surface area contributed by atoms with Crippen LogP contribution in [0.4, 0.5) is 0 Å². The van der Waals surface area contributed by atoms with Gasteiger partial charge in [0, 0.05) is 16.8 Å². The molecule has 0 aliphatic heterocycles. The van der Waals surface area contributed by atoms with Gasteiger partial charge in [-0.3, -0.25) is 4.98 Å². The molecule has 1 heterocycles. The van der Waals surface area contributed by atoms with E-state index in [9.17, 15) is 0 Å². The summed E-state index contributed by atoms with van der Waals surface area (Å²) in [7, 11) is 0. The first-order valence-corrected chi connectivity index (χ1v) is 8.97. The summed E-state index contributed by atoms with van der Waals surface area (Å²) in [4.78, 5) is 4.67. The summed E-state index contributed by atoms with van der Waals surface area (Å²) in [6, 6.07) is 12.3. The SMILES string of the molecule is C/C=C/CC1CCC(c2ccc(-c3ccc(Cl)cc3)nc2)CC1. The maximum Gasteiger partial charge on any atom is 0.0702 e. The summed E-state index contributed by atoms with van der Waals surface area (Å²) in [5.41, 5.74) is 3.54. The van der Waals surface area contributed by atoms with Crippen molar-refractivity contribution >= 4 is 11.6 Å². The Hall–Kier alpha value is -1.60. The molecule has 1 aromatic heterocycles. The van der Waals surface area contributed by atoms with E-state index in [1.807, 2.05) is 24.3 Å². The number of aromatic nitrogens is 1. The van der Waals surface area contributed by atoms with Crippen molar-refractivity contribution in [2.24, 2.45) is 5.92 Å².